The van der Waals surface area contributed by atoms with Crippen LogP contribution in [0.2, 0.25) is 10.0 Å². The third-order valence-electron chi connectivity index (χ3n) is 5.14. The number of rotatable bonds is 6. The molecule has 0 aliphatic carbocycles. The third-order valence-corrected chi connectivity index (χ3v) is 5.61. The predicted octanol–water partition coefficient (Wildman–Crippen LogP) is 7.58. The Morgan fingerprint density at radius 2 is 0.973 bits per heavy atom. The highest BCUT2D eigenvalue weighted by Gasteiger charge is 2.18. The first kappa shape index (κ1) is 26.2. The Bertz CT molecular complexity index is 1410. The van der Waals surface area contributed by atoms with Crippen LogP contribution in [0.3, 0.4) is 0 Å². The average molecular weight is 549 g/mol. The highest BCUT2D eigenvalue weighted by Crippen LogP contribution is 2.32. The monoisotopic (exact) mass is 548 g/mol. The molecule has 0 N–H and O–H groups in total. The lowest BCUT2D eigenvalue weighted by Crippen LogP contribution is -2.12. The van der Waals surface area contributed by atoms with Crippen molar-refractivity contribution in [3.05, 3.63) is 128 Å². The topological polar surface area (TPSA) is 52.6 Å². The molecule has 0 heterocycles. The molecule has 0 aliphatic heterocycles. The molecule has 10 heteroatoms. The lowest BCUT2D eigenvalue weighted by molar-refractivity contribution is 0.0725. The molecular formula is C27H14Cl2F4O4. The maximum Gasteiger partial charge on any atom is 0.343 e. The second-order valence-corrected chi connectivity index (χ2v) is 8.59. The maximum absolute atomic E-state index is 13.6. The summed E-state index contributed by atoms with van der Waals surface area (Å²) in [6.45, 7) is 0. The van der Waals surface area contributed by atoms with Gasteiger partial charge in [0.25, 0.3) is 0 Å². The summed E-state index contributed by atoms with van der Waals surface area (Å²) in [4.78, 5) is 25.1. The van der Waals surface area contributed by atoms with Gasteiger partial charge in [0.2, 0.25) is 0 Å². The standard InChI is InChI=1S/C27H14Cl2F4O4/c28-18-3-7-24(36-26(34)14-1-5-20(30)22(32)12-14)16(10-18)9-17-11-19(29)4-8-25(17)37-27(35)15-2-6-21(31)23(33)13-15/h1-8,10-13H,9H2. The summed E-state index contributed by atoms with van der Waals surface area (Å²) in [5.74, 6) is -6.44. The van der Waals surface area contributed by atoms with Crippen LogP contribution in [-0.4, -0.2) is 11.9 Å². The Hall–Kier alpha value is -3.88. The molecule has 0 bridgehead atoms. The molecule has 0 spiro atoms. The van der Waals surface area contributed by atoms with Gasteiger partial charge in [-0.3, -0.25) is 0 Å². The summed E-state index contributed by atoms with van der Waals surface area (Å²) in [7, 11) is 0. The van der Waals surface area contributed by atoms with Crippen LogP contribution in [0.1, 0.15) is 31.8 Å². The summed E-state index contributed by atoms with van der Waals surface area (Å²) >= 11 is 12.3. The van der Waals surface area contributed by atoms with E-state index in [4.69, 9.17) is 32.7 Å². The zero-order chi connectivity index (χ0) is 26.7. The third kappa shape index (κ3) is 6.28. The van der Waals surface area contributed by atoms with E-state index in [-0.39, 0.29) is 29.0 Å². The summed E-state index contributed by atoms with van der Waals surface area (Å²) in [6, 6.07) is 13.9. The van der Waals surface area contributed by atoms with Crippen LogP contribution in [0, 0.1) is 23.3 Å². The van der Waals surface area contributed by atoms with Crippen molar-refractivity contribution in [2.75, 3.05) is 0 Å². The zero-order valence-electron chi connectivity index (χ0n) is 18.5. The number of hydrogen-bond acceptors (Lipinski definition) is 4. The summed E-state index contributed by atoms with van der Waals surface area (Å²) < 4.78 is 64.3. The fourth-order valence-electron chi connectivity index (χ4n) is 3.34. The first-order valence-electron chi connectivity index (χ1n) is 10.5. The van der Waals surface area contributed by atoms with Crippen molar-refractivity contribution in [3.8, 4) is 11.5 Å². The van der Waals surface area contributed by atoms with E-state index in [0.717, 1.165) is 24.3 Å². The molecule has 0 fully saturated rings. The lowest BCUT2D eigenvalue weighted by Gasteiger charge is -2.14. The molecule has 4 aromatic carbocycles. The second kappa shape index (κ2) is 11.0. The first-order chi connectivity index (χ1) is 17.6. The van der Waals surface area contributed by atoms with Crippen LogP contribution in [0.5, 0.6) is 11.5 Å². The van der Waals surface area contributed by atoms with Crippen molar-refractivity contribution >= 4 is 35.1 Å². The van der Waals surface area contributed by atoms with E-state index >= 15 is 0 Å². The van der Waals surface area contributed by atoms with Crippen LogP contribution < -0.4 is 9.47 Å². The Morgan fingerprint density at radius 3 is 1.35 bits per heavy atom. The number of esters is 2. The van der Waals surface area contributed by atoms with Crippen molar-refractivity contribution in [1.29, 1.82) is 0 Å². The van der Waals surface area contributed by atoms with Crippen molar-refractivity contribution < 1.29 is 36.6 Å². The molecule has 188 valence electrons. The van der Waals surface area contributed by atoms with Crippen LogP contribution in [0.4, 0.5) is 17.6 Å². The van der Waals surface area contributed by atoms with E-state index in [9.17, 15) is 27.2 Å². The van der Waals surface area contributed by atoms with E-state index < -0.39 is 35.2 Å². The molecule has 0 radical (unpaired) electrons. The van der Waals surface area contributed by atoms with Gasteiger partial charge in [-0.1, -0.05) is 23.2 Å². The Balaban J connectivity index is 1.62. The molecule has 0 atom stereocenters. The van der Waals surface area contributed by atoms with E-state index in [1.54, 1.807) is 0 Å². The average Bonchev–Trinajstić information content (AvgIpc) is 2.85. The van der Waals surface area contributed by atoms with Gasteiger partial charge in [-0.2, -0.15) is 0 Å². The molecule has 0 unspecified atom stereocenters. The van der Waals surface area contributed by atoms with Crippen molar-refractivity contribution in [2.45, 2.75) is 6.42 Å². The number of carbonyl (C=O) groups is 2. The minimum Gasteiger partial charge on any atom is -0.423 e. The molecule has 37 heavy (non-hydrogen) atoms. The fraction of sp³-hybridized carbons (Fsp3) is 0.0370. The van der Waals surface area contributed by atoms with E-state index in [1.807, 2.05) is 0 Å². The van der Waals surface area contributed by atoms with Gasteiger partial charge >= 0.3 is 11.9 Å². The fourth-order valence-corrected chi connectivity index (χ4v) is 3.73. The molecule has 0 saturated heterocycles. The molecule has 4 aromatic rings. The van der Waals surface area contributed by atoms with Gasteiger partial charge in [-0.25, -0.2) is 27.2 Å². The minimum absolute atomic E-state index is 0.00189. The number of halogens is 6. The second-order valence-electron chi connectivity index (χ2n) is 7.72. The van der Waals surface area contributed by atoms with Gasteiger partial charge in [-0.05, 0) is 72.8 Å². The van der Waals surface area contributed by atoms with Crippen LogP contribution >= 0.6 is 23.2 Å². The molecule has 0 aromatic heterocycles. The van der Waals surface area contributed by atoms with Crippen LogP contribution in [0.25, 0.3) is 0 Å². The molecule has 0 amide bonds. The van der Waals surface area contributed by atoms with Gasteiger partial charge < -0.3 is 9.47 Å². The zero-order valence-corrected chi connectivity index (χ0v) is 20.0. The highest BCUT2D eigenvalue weighted by atomic mass is 35.5. The van der Waals surface area contributed by atoms with Gasteiger partial charge in [0, 0.05) is 27.6 Å². The van der Waals surface area contributed by atoms with Gasteiger partial charge in [0.15, 0.2) is 23.3 Å². The molecule has 0 aliphatic rings. The number of hydrogen-bond donors (Lipinski definition) is 0. The Morgan fingerprint density at radius 1 is 0.568 bits per heavy atom. The Kier molecular flexibility index (Phi) is 7.80. The summed E-state index contributed by atoms with van der Waals surface area (Å²) in [5.41, 5.74) is 0.305. The largest absolute Gasteiger partial charge is 0.423 e. The van der Waals surface area contributed by atoms with Crippen molar-refractivity contribution in [1.82, 2.24) is 0 Å². The van der Waals surface area contributed by atoms with E-state index in [0.29, 0.717) is 33.3 Å². The van der Waals surface area contributed by atoms with E-state index in [2.05, 4.69) is 0 Å². The van der Waals surface area contributed by atoms with Gasteiger partial charge in [0.05, 0.1) is 11.1 Å². The lowest BCUT2D eigenvalue weighted by atomic mass is 10.0. The van der Waals surface area contributed by atoms with E-state index in [1.165, 1.54) is 36.4 Å². The Labute approximate surface area is 218 Å². The van der Waals surface area contributed by atoms with Gasteiger partial charge in [0.1, 0.15) is 11.5 Å². The van der Waals surface area contributed by atoms with Crippen LogP contribution in [0.15, 0.2) is 72.8 Å². The highest BCUT2D eigenvalue weighted by molar-refractivity contribution is 6.31. The van der Waals surface area contributed by atoms with Crippen LogP contribution in [-0.2, 0) is 6.42 Å². The normalized spacial score (nSPS) is 10.8. The van der Waals surface area contributed by atoms with Gasteiger partial charge in [-0.15, -0.1) is 0 Å². The first-order valence-corrected chi connectivity index (χ1v) is 11.3. The minimum atomic E-state index is -1.21. The van der Waals surface area contributed by atoms with Crippen molar-refractivity contribution in [3.63, 3.8) is 0 Å². The number of carbonyl (C=O) groups excluding carboxylic acids is 2. The summed E-state index contributed by atoms with van der Waals surface area (Å²) in [6.07, 6.45) is 0.00189. The number of ether oxygens (including phenoxy) is 2. The quantitative estimate of drug-likeness (QED) is 0.141. The predicted molar refractivity (Wildman–Crippen MR) is 128 cm³/mol. The SMILES string of the molecule is O=C(Oc1ccc(Cl)cc1Cc1cc(Cl)ccc1OC(=O)c1ccc(F)c(F)c1)c1ccc(F)c(F)c1. The van der Waals surface area contributed by atoms with Crippen molar-refractivity contribution in [2.24, 2.45) is 0 Å². The molecular weight excluding hydrogens is 535 g/mol. The molecule has 4 nitrogen and oxygen atoms in total. The smallest absolute Gasteiger partial charge is 0.343 e. The molecule has 0 saturated carbocycles. The molecule has 4 rings (SSSR count). The summed E-state index contributed by atoms with van der Waals surface area (Å²) in [5, 5.41) is 0.593. The maximum atomic E-state index is 13.6. The number of benzene rings is 4.